The van der Waals surface area contributed by atoms with Gasteiger partial charge in [-0.2, -0.15) is 0 Å². The van der Waals surface area contributed by atoms with Crippen LogP contribution in [-0.2, 0) is 6.42 Å². The van der Waals surface area contributed by atoms with Crippen molar-refractivity contribution in [3.63, 3.8) is 0 Å². The van der Waals surface area contributed by atoms with Crippen LogP contribution in [0.15, 0.2) is 181 Å². The molecule has 2 aromatic heterocycles. The van der Waals surface area contributed by atoms with E-state index in [-0.39, 0.29) is 12.1 Å². The molecule has 0 fully saturated rings. The van der Waals surface area contributed by atoms with E-state index in [1.165, 1.54) is 66.3 Å². The summed E-state index contributed by atoms with van der Waals surface area (Å²) in [6, 6.07) is 55.0. The average Bonchev–Trinajstić information content (AvgIpc) is 3.89. The molecule has 4 nitrogen and oxygen atoms in total. The van der Waals surface area contributed by atoms with Crippen LogP contribution in [0.25, 0.3) is 55.7 Å². The van der Waals surface area contributed by atoms with Crippen molar-refractivity contribution in [1.29, 1.82) is 0 Å². The topological polar surface area (TPSA) is 25.5 Å². The molecule has 4 heteroatoms. The highest BCUT2D eigenvalue weighted by Gasteiger charge is 2.38. The van der Waals surface area contributed by atoms with Crippen molar-refractivity contribution in [3.05, 3.63) is 204 Å². The molecule has 252 valence electrons. The van der Waals surface area contributed by atoms with Gasteiger partial charge in [0.25, 0.3) is 0 Å². The summed E-state index contributed by atoms with van der Waals surface area (Å²) in [6.45, 7) is 0. The fourth-order valence-corrected chi connectivity index (χ4v) is 8.95. The van der Waals surface area contributed by atoms with Crippen LogP contribution in [0.1, 0.15) is 46.5 Å². The first-order valence-electron chi connectivity index (χ1n) is 18.6. The first kappa shape index (κ1) is 30.0. The monoisotopic (exact) mass is 680 g/mol. The molecule has 1 unspecified atom stereocenters. The van der Waals surface area contributed by atoms with E-state index in [1.807, 2.05) is 0 Å². The van der Waals surface area contributed by atoms with Crippen molar-refractivity contribution in [3.8, 4) is 11.4 Å². The second-order valence-electron chi connectivity index (χ2n) is 14.3. The summed E-state index contributed by atoms with van der Waals surface area (Å²) in [5, 5.41) is 3.90. The Bertz CT molecular complexity index is 2790. The zero-order chi connectivity index (χ0) is 34.9. The lowest BCUT2D eigenvalue weighted by molar-refractivity contribution is 0.396. The number of aliphatic imine (C=N–C) groups is 1. The van der Waals surface area contributed by atoms with Crippen LogP contribution in [0.4, 0.5) is 0 Å². The minimum absolute atomic E-state index is 0.0206. The lowest BCUT2D eigenvalue weighted by atomic mass is 9.93. The Labute approximate surface area is 308 Å². The third kappa shape index (κ3) is 4.72. The van der Waals surface area contributed by atoms with Crippen LogP contribution in [0.3, 0.4) is 0 Å². The van der Waals surface area contributed by atoms with E-state index in [9.17, 15) is 0 Å². The smallest absolute Gasteiger partial charge is 0.129 e. The SMILES string of the molecule is C1=Cc2c(c3ccccc3n2-c2cccc([C@@H]3C(c4ccccc4)N=C4C=C(c5ccc(-n6c7ccccc7c7ccccc76)cc5)C=CN43)c2)CC1. The summed E-state index contributed by atoms with van der Waals surface area (Å²) in [5.74, 6) is 0.991. The van der Waals surface area contributed by atoms with Crippen molar-refractivity contribution in [1.82, 2.24) is 14.0 Å². The maximum Gasteiger partial charge on any atom is 0.129 e. The van der Waals surface area contributed by atoms with Gasteiger partial charge in [0.05, 0.1) is 22.6 Å². The number of benzene rings is 6. The molecular formula is C49H36N4. The molecule has 0 radical (unpaired) electrons. The van der Waals surface area contributed by atoms with Crippen LogP contribution in [0.2, 0.25) is 0 Å². The van der Waals surface area contributed by atoms with Gasteiger partial charge in [-0.05, 0) is 101 Å². The van der Waals surface area contributed by atoms with E-state index in [0.717, 1.165) is 29.9 Å². The molecule has 53 heavy (non-hydrogen) atoms. The Balaban J connectivity index is 0.969. The number of allylic oxidation sites excluding steroid dienone is 3. The van der Waals surface area contributed by atoms with E-state index in [1.54, 1.807) is 0 Å². The van der Waals surface area contributed by atoms with Gasteiger partial charge in [0, 0.05) is 39.4 Å². The van der Waals surface area contributed by atoms with Gasteiger partial charge in [0.15, 0.2) is 0 Å². The summed E-state index contributed by atoms with van der Waals surface area (Å²) in [6.07, 6.45) is 13.5. The van der Waals surface area contributed by atoms with Crippen LogP contribution in [-0.4, -0.2) is 19.9 Å². The largest absolute Gasteiger partial charge is 0.323 e. The highest BCUT2D eigenvalue weighted by Crippen LogP contribution is 2.45. The predicted molar refractivity (Wildman–Crippen MR) is 220 cm³/mol. The van der Waals surface area contributed by atoms with Gasteiger partial charge in [-0.15, -0.1) is 0 Å². The summed E-state index contributed by atoms with van der Waals surface area (Å²) in [5.41, 5.74) is 13.6. The van der Waals surface area contributed by atoms with E-state index >= 15 is 0 Å². The minimum Gasteiger partial charge on any atom is -0.323 e. The molecule has 11 rings (SSSR count). The standard InChI is InChI=1S/C49H36N4/c1-2-13-34(14-3-1)48-49(36-15-12-16-38(31-36)53-45-23-10-6-19-41(45)42-20-7-11-24-46(42)53)51-30-29-35(32-47(51)50-48)33-25-27-37(28-26-33)52-43-21-8-4-17-39(43)40-18-5-9-22-44(40)52/h1-6,8-19,21-32,48-49H,7,20H2/t48?,49-/m1/s1. The molecule has 0 bridgehead atoms. The third-order valence-electron chi connectivity index (χ3n) is 11.3. The van der Waals surface area contributed by atoms with Gasteiger partial charge in [-0.3, -0.25) is 4.99 Å². The molecule has 0 spiro atoms. The number of nitrogens with zero attached hydrogens (tertiary/aromatic N) is 4. The number of amidine groups is 1. The van der Waals surface area contributed by atoms with Crippen molar-refractivity contribution in [2.45, 2.75) is 24.9 Å². The average molecular weight is 681 g/mol. The predicted octanol–water partition coefficient (Wildman–Crippen LogP) is 11.8. The maximum atomic E-state index is 5.45. The van der Waals surface area contributed by atoms with Gasteiger partial charge in [-0.1, -0.05) is 115 Å². The molecule has 2 aliphatic heterocycles. The quantitative estimate of drug-likeness (QED) is 0.178. The molecule has 2 atom stereocenters. The van der Waals surface area contributed by atoms with Gasteiger partial charge >= 0.3 is 0 Å². The molecule has 0 saturated heterocycles. The lowest BCUT2D eigenvalue weighted by Gasteiger charge is -2.30. The second kappa shape index (κ2) is 12.0. The van der Waals surface area contributed by atoms with Crippen LogP contribution < -0.4 is 0 Å². The summed E-state index contributed by atoms with van der Waals surface area (Å²) < 4.78 is 4.82. The molecule has 6 aromatic carbocycles. The van der Waals surface area contributed by atoms with Crippen LogP contribution in [0, 0.1) is 0 Å². The van der Waals surface area contributed by atoms with Crippen LogP contribution in [0.5, 0.6) is 0 Å². The highest BCUT2D eigenvalue weighted by molar-refractivity contribution is 6.09. The zero-order valence-corrected chi connectivity index (χ0v) is 29.2. The van der Waals surface area contributed by atoms with Gasteiger partial charge < -0.3 is 14.0 Å². The molecule has 3 aliphatic rings. The van der Waals surface area contributed by atoms with Crippen molar-refractivity contribution >= 4 is 50.2 Å². The number of aromatic nitrogens is 2. The number of hydrogen-bond acceptors (Lipinski definition) is 2. The number of fused-ring (bicyclic) bond motifs is 7. The minimum atomic E-state index is -0.0467. The molecule has 0 saturated carbocycles. The van der Waals surface area contributed by atoms with E-state index in [0.29, 0.717) is 0 Å². The van der Waals surface area contributed by atoms with Crippen molar-refractivity contribution in [2.24, 2.45) is 4.99 Å². The Morgan fingerprint density at radius 2 is 1.21 bits per heavy atom. The first-order valence-corrected chi connectivity index (χ1v) is 18.6. The Kier molecular flexibility index (Phi) is 6.78. The highest BCUT2D eigenvalue weighted by atomic mass is 15.3. The van der Waals surface area contributed by atoms with E-state index in [4.69, 9.17) is 4.99 Å². The number of rotatable bonds is 5. The molecule has 0 N–H and O–H groups in total. The fourth-order valence-electron chi connectivity index (χ4n) is 8.95. The number of aryl methyl sites for hydroxylation is 1. The first-order chi connectivity index (χ1) is 26.3. The van der Waals surface area contributed by atoms with Gasteiger partial charge in [0.1, 0.15) is 11.9 Å². The molecule has 1 aliphatic carbocycles. The zero-order valence-electron chi connectivity index (χ0n) is 29.2. The normalized spacial score (nSPS) is 17.7. The second-order valence-corrected chi connectivity index (χ2v) is 14.3. The van der Waals surface area contributed by atoms with Crippen molar-refractivity contribution in [2.75, 3.05) is 0 Å². The van der Waals surface area contributed by atoms with Gasteiger partial charge in [-0.25, -0.2) is 0 Å². The molecule has 4 heterocycles. The van der Waals surface area contributed by atoms with Crippen LogP contribution >= 0.6 is 0 Å². The number of hydrogen-bond donors (Lipinski definition) is 0. The lowest BCUT2D eigenvalue weighted by Crippen LogP contribution is -2.27. The Morgan fingerprint density at radius 1 is 0.547 bits per heavy atom. The molecular weight excluding hydrogens is 645 g/mol. The fraction of sp³-hybridized carbons (Fsp3) is 0.0816. The van der Waals surface area contributed by atoms with E-state index in [2.05, 4.69) is 196 Å². The van der Waals surface area contributed by atoms with Crippen molar-refractivity contribution < 1.29 is 0 Å². The molecule has 8 aromatic rings. The van der Waals surface area contributed by atoms with Gasteiger partial charge in [0.2, 0.25) is 0 Å². The summed E-state index contributed by atoms with van der Waals surface area (Å²) in [4.78, 5) is 7.82. The third-order valence-corrected chi connectivity index (χ3v) is 11.3. The number of para-hydroxylation sites is 3. The summed E-state index contributed by atoms with van der Waals surface area (Å²) >= 11 is 0. The maximum absolute atomic E-state index is 5.45. The van der Waals surface area contributed by atoms with E-state index < -0.39 is 0 Å². The Hall–Kier alpha value is -6.65. The summed E-state index contributed by atoms with van der Waals surface area (Å²) in [7, 11) is 0. The molecule has 0 amide bonds. The Morgan fingerprint density at radius 3 is 1.96 bits per heavy atom.